The molecule has 0 saturated carbocycles. The quantitative estimate of drug-likeness (QED) is 0.569. The first kappa shape index (κ1) is 23.9. The van der Waals surface area contributed by atoms with E-state index in [2.05, 4.69) is 10.3 Å². The zero-order valence-electron chi connectivity index (χ0n) is 19.4. The number of nitrogens with zero attached hydrogens (tertiary/aromatic N) is 5. The number of hydrogen-bond acceptors (Lipinski definition) is 6. The lowest BCUT2D eigenvalue weighted by molar-refractivity contribution is -0.116. The van der Waals surface area contributed by atoms with E-state index in [1.165, 1.54) is 39.9 Å². The van der Waals surface area contributed by atoms with Gasteiger partial charge in [-0.15, -0.1) is 0 Å². The van der Waals surface area contributed by atoms with Crippen LogP contribution in [0.5, 0.6) is 0 Å². The number of aryl methyl sites for hydroxylation is 2. The van der Waals surface area contributed by atoms with E-state index in [-0.39, 0.29) is 22.6 Å². The summed E-state index contributed by atoms with van der Waals surface area (Å²) in [4.78, 5) is 41.7. The number of anilines is 1. The Morgan fingerprint density at radius 1 is 1.06 bits per heavy atom. The van der Waals surface area contributed by atoms with Crippen molar-refractivity contribution in [2.45, 2.75) is 44.0 Å². The molecule has 0 unspecified atom stereocenters. The molecule has 1 aliphatic heterocycles. The van der Waals surface area contributed by atoms with Crippen molar-refractivity contribution in [1.82, 2.24) is 23.0 Å². The maximum atomic E-state index is 13.3. The Labute approximate surface area is 196 Å². The van der Waals surface area contributed by atoms with Crippen LogP contribution in [-0.4, -0.2) is 50.4 Å². The zero-order chi connectivity index (χ0) is 24.6. The van der Waals surface area contributed by atoms with E-state index in [9.17, 15) is 22.8 Å². The van der Waals surface area contributed by atoms with Crippen LogP contribution >= 0.6 is 0 Å². The van der Waals surface area contributed by atoms with E-state index >= 15 is 0 Å². The van der Waals surface area contributed by atoms with Gasteiger partial charge in [0.25, 0.3) is 5.56 Å². The minimum Gasteiger partial charge on any atom is -0.324 e. The molecule has 182 valence electrons. The van der Waals surface area contributed by atoms with E-state index in [0.29, 0.717) is 24.3 Å². The van der Waals surface area contributed by atoms with E-state index in [1.807, 2.05) is 0 Å². The van der Waals surface area contributed by atoms with Gasteiger partial charge in [0.15, 0.2) is 11.2 Å². The van der Waals surface area contributed by atoms with Crippen LogP contribution in [0.3, 0.4) is 0 Å². The lowest BCUT2D eigenvalue weighted by atomic mass is 10.2. The number of aromatic nitrogens is 4. The van der Waals surface area contributed by atoms with Gasteiger partial charge in [0.05, 0.1) is 11.2 Å². The standard InChI is InChI=1S/C22H28N6O5S/c1-15-8-9-16(12-17(15)34(32,33)28-10-6-4-5-7-11-28)24-18(29)13-27-14-23-20-19(27)21(30)26(3)22(31)25(20)2/h8-9,12,14H,4-7,10-11,13H2,1-3H3,(H,24,29). The van der Waals surface area contributed by atoms with Crippen molar-refractivity contribution in [2.24, 2.45) is 14.1 Å². The average Bonchev–Trinajstić information content (AvgIpc) is 3.01. The maximum Gasteiger partial charge on any atom is 0.332 e. The Balaban J connectivity index is 1.59. The van der Waals surface area contributed by atoms with E-state index < -0.39 is 27.2 Å². The van der Waals surface area contributed by atoms with Gasteiger partial charge in [-0.05, 0) is 37.5 Å². The Bertz CT molecular complexity index is 1480. The average molecular weight is 489 g/mol. The predicted octanol–water partition coefficient (Wildman–Crippen LogP) is 0.946. The molecule has 12 heteroatoms. The number of hydrogen-bond donors (Lipinski definition) is 1. The molecule has 3 heterocycles. The first-order chi connectivity index (χ1) is 16.1. The van der Waals surface area contributed by atoms with Gasteiger partial charge in [-0.25, -0.2) is 18.2 Å². The number of fused-ring (bicyclic) bond motifs is 1. The minimum absolute atomic E-state index is 0.132. The highest BCUT2D eigenvalue weighted by atomic mass is 32.2. The molecule has 11 nitrogen and oxygen atoms in total. The summed E-state index contributed by atoms with van der Waals surface area (Å²) in [5, 5.41) is 2.71. The number of benzene rings is 1. The molecule has 1 aliphatic rings. The van der Waals surface area contributed by atoms with Gasteiger partial charge in [0, 0.05) is 32.9 Å². The molecule has 1 saturated heterocycles. The zero-order valence-corrected chi connectivity index (χ0v) is 20.3. The summed E-state index contributed by atoms with van der Waals surface area (Å²) in [6.45, 7) is 2.48. The molecule has 2 aromatic heterocycles. The third kappa shape index (κ3) is 4.30. The van der Waals surface area contributed by atoms with Crippen LogP contribution in [0.2, 0.25) is 0 Å². The molecule has 1 N–H and O–H groups in total. The molecule has 1 amide bonds. The van der Waals surface area contributed by atoms with Crippen LogP contribution in [-0.2, 0) is 35.5 Å². The number of nitrogens with one attached hydrogen (secondary N) is 1. The van der Waals surface area contributed by atoms with Crippen LogP contribution in [0.15, 0.2) is 39.0 Å². The molecular formula is C22H28N6O5S. The van der Waals surface area contributed by atoms with Crippen molar-refractivity contribution >= 4 is 32.8 Å². The Morgan fingerprint density at radius 2 is 1.74 bits per heavy atom. The lowest BCUT2D eigenvalue weighted by Gasteiger charge is -2.21. The smallest absolute Gasteiger partial charge is 0.324 e. The fourth-order valence-electron chi connectivity index (χ4n) is 4.25. The van der Waals surface area contributed by atoms with Gasteiger partial charge in [-0.2, -0.15) is 4.31 Å². The highest BCUT2D eigenvalue weighted by molar-refractivity contribution is 7.89. The monoisotopic (exact) mass is 488 g/mol. The molecule has 1 aromatic carbocycles. The van der Waals surface area contributed by atoms with Crippen molar-refractivity contribution < 1.29 is 13.2 Å². The summed E-state index contributed by atoms with van der Waals surface area (Å²) in [6.07, 6.45) is 5.02. The summed E-state index contributed by atoms with van der Waals surface area (Å²) in [7, 11) is -0.821. The fourth-order valence-corrected chi connectivity index (χ4v) is 6.02. The highest BCUT2D eigenvalue weighted by Gasteiger charge is 2.27. The highest BCUT2D eigenvalue weighted by Crippen LogP contribution is 2.26. The number of amides is 1. The summed E-state index contributed by atoms with van der Waals surface area (Å²) in [6, 6.07) is 4.78. The molecule has 4 rings (SSSR count). The molecule has 0 bridgehead atoms. The second-order valence-corrected chi connectivity index (χ2v) is 10.5. The second kappa shape index (κ2) is 9.18. The van der Waals surface area contributed by atoms with Gasteiger partial charge in [0.1, 0.15) is 6.54 Å². The summed E-state index contributed by atoms with van der Waals surface area (Å²) in [5.74, 6) is -0.461. The molecular weight excluding hydrogens is 460 g/mol. The molecule has 0 radical (unpaired) electrons. The van der Waals surface area contributed by atoms with Gasteiger partial charge < -0.3 is 9.88 Å². The molecule has 3 aromatic rings. The van der Waals surface area contributed by atoms with Crippen LogP contribution < -0.4 is 16.6 Å². The van der Waals surface area contributed by atoms with E-state index in [0.717, 1.165) is 30.3 Å². The topological polar surface area (TPSA) is 128 Å². The van der Waals surface area contributed by atoms with Crippen molar-refractivity contribution in [1.29, 1.82) is 0 Å². The van der Waals surface area contributed by atoms with Crippen LogP contribution in [0, 0.1) is 6.92 Å². The third-order valence-corrected chi connectivity index (χ3v) is 8.23. The molecule has 1 fully saturated rings. The summed E-state index contributed by atoms with van der Waals surface area (Å²) < 4.78 is 31.6. The third-order valence-electron chi connectivity index (χ3n) is 6.19. The van der Waals surface area contributed by atoms with E-state index in [4.69, 9.17) is 0 Å². The predicted molar refractivity (Wildman–Crippen MR) is 127 cm³/mol. The second-order valence-electron chi connectivity index (χ2n) is 8.60. The van der Waals surface area contributed by atoms with E-state index in [1.54, 1.807) is 19.1 Å². The Hall–Kier alpha value is -3.25. The Morgan fingerprint density at radius 3 is 2.41 bits per heavy atom. The molecule has 0 atom stereocenters. The number of sulfonamides is 1. The molecule has 0 aliphatic carbocycles. The van der Waals surface area contributed by atoms with Crippen molar-refractivity contribution in [3.63, 3.8) is 0 Å². The van der Waals surface area contributed by atoms with Crippen molar-refractivity contribution in [3.8, 4) is 0 Å². The SMILES string of the molecule is Cc1ccc(NC(=O)Cn2cnc3c2c(=O)n(C)c(=O)n3C)cc1S(=O)(=O)N1CCCCCC1. The minimum atomic E-state index is -3.68. The van der Waals surface area contributed by atoms with Crippen LogP contribution in [0.4, 0.5) is 5.69 Å². The first-order valence-electron chi connectivity index (χ1n) is 11.1. The number of imidazole rings is 1. The normalized spacial score (nSPS) is 15.4. The van der Waals surface area contributed by atoms with Gasteiger partial charge in [0.2, 0.25) is 15.9 Å². The van der Waals surface area contributed by atoms with Gasteiger partial charge in [-0.3, -0.25) is 18.7 Å². The van der Waals surface area contributed by atoms with Crippen LogP contribution in [0.1, 0.15) is 31.2 Å². The number of rotatable bonds is 5. The fraction of sp³-hybridized carbons (Fsp3) is 0.455. The Kier molecular flexibility index (Phi) is 6.45. The van der Waals surface area contributed by atoms with Crippen LogP contribution in [0.25, 0.3) is 11.2 Å². The first-order valence-corrected chi connectivity index (χ1v) is 12.6. The largest absolute Gasteiger partial charge is 0.332 e. The van der Waals surface area contributed by atoms with Gasteiger partial charge >= 0.3 is 5.69 Å². The molecule has 0 spiro atoms. The lowest BCUT2D eigenvalue weighted by Crippen LogP contribution is -2.37. The van der Waals surface area contributed by atoms with Crippen molar-refractivity contribution in [3.05, 3.63) is 50.9 Å². The van der Waals surface area contributed by atoms with Gasteiger partial charge in [-0.1, -0.05) is 18.9 Å². The number of carbonyl (C=O) groups excluding carboxylic acids is 1. The summed E-state index contributed by atoms with van der Waals surface area (Å²) >= 11 is 0. The van der Waals surface area contributed by atoms with Crippen molar-refractivity contribution in [2.75, 3.05) is 18.4 Å². The summed E-state index contributed by atoms with van der Waals surface area (Å²) in [5.41, 5.74) is 0.200. The maximum absolute atomic E-state index is 13.3. The number of carbonyl (C=O) groups is 1. The molecule has 34 heavy (non-hydrogen) atoms.